The maximum absolute atomic E-state index is 11.5. The number of aromatic nitrogens is 2. The Labute approximate surface area is 179 Å². The molecule has 0 saturated heterocycles. The Balaban J connectivity index is 1.73. The molecule has 0 spiro atoms. The van der Waals surface area contributed by atoms with E-state index in [1.807, 2.05) is 13.0 Å². The summed E-state index contributed by atoms with van der Waals surface area (Å²) in [5.74, 6) is 0.905. The number of aromatic carboxylic acids is 1. The van der Waals surface area contributed by atoms with E-state index >= 15 is 0 Å². The van der Waals surface area contributed by atoms with Crippen molar-refractivity contribution in [2.24, 2.45) is 0 Å². The van der Waals surface area contributed by atoms with Crippen molar-refractivity contribution < 1.29 is 19.4 Å². The summed E-state index contributed by atoms with van der Waals surface area (Å²) < 4.78 is 10.9. The fraction of sp³-hybridized carbons (Fsp3) is 0.318. The molecule has 7 nitrogen and oxygen atoms in total. The average Bonchev–Trinajstić information content (AvgIpc) is 3.15. The van der Waals surface area contributed by atoms with Gasteiger partial charge in [0.25, 0.3) is 0 Å². The van der Waals surface area contributed by atoms with Crippen LogP contribution in [0.5, 0.6) is 11.5 Å². The van der Waals surface area contributed by atoms with E-state index in [2.05, 4.69) is 41.3 Å². The van der Waals surface area contributed by atoms with Crippen molar-refractivity contribution in [3.8, 4) is 22.1 Å². The summed E-state index contributed by atoms with van der Waals surface area (Å²) in [5.41, 5.74) is 4.21. The highest BCUT2D eigenvalue weighted by molar-refractivity contribution is 7.17. The molecule has 0 atom stereocenters. The first-order chi connectivity index (χ1) is 14.4. The molecule has 0 bridgehead atoms. The summed E-state index contributed by atoms with van der Waals surface area (Å²) in [6, 6.07) is 7.73. The Morgan fingerprint density at radius 2 is 1.90 bits per heavy atom. The van der Waals surface area contributed by atoms with Crippen molar-refractivity contribution in [3.05, 3.63) is 52.2 Å². The quantitative estimate of drug-likeness (QED) is 0.516. The molecule has 0 unspecified atom stereocenters. The number of carboxylic acid groups (broad SMARTS) is 1. The number of nitrogens with one attached hydrogen (secondary N) is 1. The van der Waals surface area contributed by atoms with E-state index in [0.29, 0.717) is 30.4 Å². The molecule has 0 saturated carbocycles. The third kappa shape index (κ3) is 4.88. The van der Waals surface area contributed by atoms with Crippen LogP contribution in [0.4, 0.5) is 5.82 Å². The number of methoxy groups -OCH3 is 1. The number of carbonyl (C=O) groups is 1. The maximum atomic E-state index is 11.5. The van der Waals surface area contributed by atoms with Gasteiger partial charge in [-0.25, -0.2) is 14.8 Å². The van der Waals surface area contributed by atoms with Crippen molar-refractivity contribution in [2.75, 3.05) is 25.6 Å². The van der Waals surface area contributed by atoms with Gasteiger partial charge in [-0.15, -0.1) is 11.3 Å². The second kappa shape index (κ2) is 9.58. The predicted molar refractivity (Wildman–Crippen MR) is 118 cm³/mol. The Hall–Kier alpha value is -3.13. The van der Waals surface area contributed by atoms with Crippen LogP contribution in [0.2, 0.25) is 0 Å². The first-order valence-electron chi connectivity index (χ1n) is 9.63. The van der Waals surface area contributed by atoms with Gasteiger partial charge in [0.05, 0.1) is 24.3 Å². The SMILES string of the molecule is CCOc1cc(-c2cc(NCCc3cc(C)c(C)cc3OC)ncn2)sc1C(=O)O. The molecule has 0 radical (unpaired) electrons. The van der Waals surface area contributed by atoms with Gasteiger partial charge < -0.3 is 19.9 Å². The number of anilines is 1. The number of ether oxygens (including phenoxy) is 2. The van der Waals surface area contributed by atoms with E-state index < -0.39 is 5.97 Å². The van der Waals surface area contributed by atoms with E-state index in [-0.39, 0.29) is 4.88 Å². The summed E-state index contributed by atoms with van der Waals surface area (Å²) in [6.07, 6.45) is 2.25. The van der Waals surface area contributed by atoms with Crippen LogP contribution in [0.15, 0.2) is 30.6 Å². The topological polar surface area (TPSA) is 93.6 Å². The van der Waals surface area contributed by atoms with Crippen molar-refractivity contribution in [1.82, 2.24) is 9.97 Å². The second-order valence-corrected chi connectivity index (χ2v) is 7.81. The first-order valence-corrected chi connectivity index (χ1v) is 10.4. The van der Waals surface area contributed by atoms with Crippen LogP contribution in [0.1, 0.15) is 33.3 Å². The summed E-state index contributed by atoms with van der Waals surface area (Å²) in [6.45, 7) is 7.05. The highest BCUT2D eigenvalue weighted by Gasteiger charge is 2.18. The van der Waals surface area contributed by atoms with E-state index in [1.165, 1.54) is 17.5 Å². The molecule has 2 N–H and O–H groups in total. The molecular weight excluding hydrogens is 402 g/mol. The van der Waals surface area contributed by atoms with E-state index in [1.54, 1.807) is 13.2 Å². The normalized spacial score (nSPS) is 10.7. The number of hydrogen-bond donors (Lipinski definition) is 2. The zero-order chi connectivity index (χ0) is 21.7. The number of rotatable bonds is 9. The summed E-state index contributed by atoms with van der Waals surface area (Å²) in [5, 5.41) is 12.7. The number of carboxylic acids is 1. The number of aryl methyl sites for hydroxylation is 2. The van der Waals surface area contributed by atoms with Crippen LogP contribution >= 0.6 is 11.3 Å². The maximum Gasteiger partial charge on any atom is 0.349 e. The Kier molecular flexibility index (Phi) is 6.89. The van der Waals surface area contributed by atoms with Crippen molar-refractivity contribution in [3.63, 3.8) is 0 Å². The van der Waals surface area contributed by atoms with Gasteiger partial charge in [0.1, 0.15) is 23.6 Å². The second-order valence-electron chi connectivity index (χ2n) is 6.76. The number of hydrogen-bond acceptors (Lipinski definition) is 7. The minimum Gasteiger partial charge on any atom is -0.496 e. The minimum atomic E-state index is -1.01. The Morgan fingerprint density at radius 1 is 1.13 bits per heavy atom. The highest BCUT2D eigenvalue weighted by atomic mass is 32.1. The van der Waals surface area contributed by atoms with Crippen LogP contribution in [0, 0.1) is 13.8 Å². The smallest absolute Gasteiger partial charge is 0.349 e. The van der Waals surface area contributed by atoms with Gasteiger partial charge in [0, 0.05) is 18.7 Å². The van der Waals surface area contributed by atoms with Gasteiger partial charge in [-0.05, 0) is 49.9 Å². The molecule has 30 heavy (non-hydrogen) atoms. The first kappa shape index (κ1) is 21.6. The van der Waals surface area contributed by atoms with Gasteiger partial charge in [-0.1, -0.05) is 6.07 Å². The fourth-order valence-electron chi connectivity index (χ4n) is 3.06. The monoisotopic (exact) mass is 427 g/mol. The van der Waals surface area contributed by atoms with Crippen molar-refractivity contribution >= 4 is 23.1 Å². The van der Waals surface area contributed by atoms with Gasteiger partial charge in [0.15, 0.2) is 4.88 Å². The molecule has 1 aromatic carbocycles. The van der Waals surface area contributed by atoms with Crippen LogP contribution < -0.4 is 14.8 Å². The van der Waals surface area contributed by atoms with Gasteiger partial charge in [-0.3, -0.25) is 0 Å². The van der Waals surface area contributed by atoms with Gasteiger partial charge >= 0.3 is 5.97 Å². The molecule has 3 aromatic rings. The van der Waals surface area contributed by atoms with Crippen LogP contribution in [-0.4, -0.2) is 41.3 Å². The Morgan fingerprint density at radius 3 is 2.60 bits per heavy atom. The lowest BCUT2D eigenvalue weighted by Gasteiger charge is -2.12. The summed E-state index contributed by atoms with van der Waals surface area (Å²) in [7, 11) is 1.68. The lowest BCUT2D eigenvalue weighted by atomic mass is 10.0. The Bertz CT molecular complexity index is 1050. The predicted octanol–water partition coefficient (Wildman–Crippen LogP) is 4.58. The van der Waals surface area contributed by atoms with E-state index in [0.717, 1.165) is 33.9 Å². The highest BCUT2D eigenvalue weighted by Crippen LogP contribution is 2.36. The molecule has 0 aliphatic carbocycles. The van der Waals surface area contributed by atoms with Crippen LogP contribution in [0.25, 0.3) is 10.6 Å². The van der Waals surface area contributed by atoms with E-state index in [4.69, 9.17) is 9.47 Å². The molecule has 2 heterocycles. The van der Waals surface area contributed by atoms with Crippen molar-refractivity contribution in [1.29, 1.82) is 0 Å². The zero-order valence-corrected chi connectivity index (χ0v) is 18.3. The number of benzene rings is 1. The van der Waals surface area contributed by atoms with Gasteiger partial charge in [-0.2, -0.15) is 0 Å². The van der Waals surface area contributed by atoms with Gasteiger partial charge in [0.2, 0.25) is 0 Å². The molecule has 3 rings (SSSR count). The molecule has 2 aromatic heterocycles. The lowest BCUT2D eigenvalue weighted by molar-refractivity contribution is 0.0698. The fourth-order valence-corrected chi connectivity index (χ4v) is 3.97. The zero-order valence-electron chi connectivity index (χ0n) is 17.5. The third-order valence-electron chi connectivity index (χ3n) is 4.71. The number of thiophene rings is 1. The molecule has 0 aliphatic rings. The molecule has 8 heteroatoms. The summed E-state index contributed by atoms with van der Waals surface area (Å²) in [4.78, 5) is 20.9. The van der Waals surface area contributed by atoms with Crippen molar-refractivity contribution in [2.45, 2.75) is 27.2 Å². The molecular formula is C22H25N3O4S. The molecule has 0 amide bonds. The van der Waals surface area contributed by atoms with E-state index in [9.17, 15) is 9.90 Å². The number of nitrogens with zero attached hydrogens (tertiary/aromatic N) is 2. The largest absolute Gasteiger partial charge is 0.496 e. The molecule has 0 fully saturated rings. The third-order valence-corrected chi connectivity index (χ3v) is 5.84. The van der Waals surface area contributed by atoms with Crippen LogP contribution in [0.3, 0.4) is 0 Å². The standard InChI is InChI=1S/C22H25N3O4S/c1-5-29-18-11-19(30-21(18)22(26)27)16-10-20(25-12-24-16)23-7-6-15-8-13(2)14(3)9-17(15)28-4/h8-12H,5-7H2,1-4H3,(H,26,27)(H,23,24,25). The summed E-state index contributed by atoms with van der Waals surface area (Å²) >= 11 is 1.14. The average molecular weight is 428 g/mol. The minimum absolute atomic E-state index is 0.168. The van der Waals surface area contributed by atoms with Crippen LogP contribution in [-0.2, 0) is 6.42 Å². The lowest BCUT2D eigenvalue weighted by Crippen LogP contribution is -2.08. The molecule has 0 aliphatic heterocycles. The molecule has 158 valence electrons.